The van der Waals surface area contributed by atoms with Crippen molar-refractivity contribution in [3.05, 3.63) is 70.3 Å². The molecule has 1 unspecified atom stereocenters. The van der Waals surface area contributed by atoms with Gasteiger partial charge in [0.2, 0.25) is 0 Å². The minimum absolute atomic E-state index is 0.0501. The second kappa shape index (κ2) is 4.84. The third-order valence-electron chi connectivity index (χ3n) is 4.65. The molecule has 21 heavy (non-hydrogen) atoms. The van der Waals surface area contributed by atoms with Gasteiger partial charge < -0.3 is 0 Å². The van der Waals surface area contributed by atoms with Crippen LogP contribution in [0.25, 0.3) is 0 Å². The van der Waals surface area contributed by atoms with Crippen molar-refractivity contribution in [2.24, 2.45) is 5.41 Å². The number of hydrogen-bond acceptors (Lipinski definition) is 1. The van der Waals surface area contributed by atoms with Crippen LogP contribution in [-0.2, 0) is 0 Å². The maximum atomic E-state index is 12.6. The fourth-order valence-corrected chi connectivity index (χ4v) is 3.86. The molecule has 0 bridgehead atoms. The average Bonchev–Trinajstić information content (AvgIpc) is 2.40. The number of hydrogen-bond donors (Lipinski definition) is 0. The molecule has 3 rings (SSSR count). The Morgan fingerprint density at radius 1 is 1.05 bits per heavy atom. The Morgan fingerprint density at radius 2 is 1.71 bits per heavy atom. The van der Waals surface area contributed by atoms with E-state index in [4.69, 9.17) is 0 Å². The van der Waals surface area contributed by atoms with Gasteiger partial charge >= 0.3 is 0 Å². The van der Waals surface area contributed by atoms with Crippen molar-refractivity contribution in [1.29, 1.82) is 0 Å². The molecule has 1 heteroatoms. The van der Waals surface area contributed by atoms with E-state index in [0.717, 1.165) is 5.56 Å². The fraction of sp³-hybridized carbons (Fsp3) is 0.350. The Kier molecular flexibility index (Phi) is 3.24. The first-order valence-electron chi connectivity index (χ1n) is 7.59. The maximum Gasteiger partial charge on any atom is 0.163 e. The quantitative estimate of drug-likeness (QED) is 0.713. The predicted octanol–water partition coefficient (Wildman–Crippen LogP) is 5.05. The lowest BCUT2D eigenvalue weighted by molar-refractivity contribution is 0.0896. The summed E-state index contributed by atoms with van der Waals surface area (Å²) in [6.45, 7) is 8.63. The second-order valence-corrected chi connectivity index (χ2v) is 6.98. The Bertz CT molecular complexity index is 695. The van der Waals surface area contributed by atoms with Gasteiger partial charge in [0.05, 0.1) is 0 Å². The SMILES string of the molecule is Cc1cc(C)c2c(c1)C(=O)CC(C)(C)C2c1ccccc1. The fourth-order valence-electron chi connectivity index (χ4n) is 3.86. The third kappa shape index (κ3) is 2.31. The topological polar surface area (TPSA) is 17.1 Å². The number of Topliss-reactive ketones (excluding diaryl/α,β-unsaturated/α-hetero) is 1. The van der Waals surface area contributed by atoms with E-state index in [9.17, 15) is 4.79 Å². The summed E-state index contributed by atoms with van der Waals surface area (Å²) < 4.78 is 0. The summed E-state index contributed by atoms with van der Waals surface area (Å²) in [6, 6.07) is 14.9. The number of carbonyl (C=O) groups is 1. The zero-order chi connectivity index (χ0) is 15.2. The lowest BCUT2D eigenvalue weighted by Crippen LogP contribution is -2.33. The maximum absolute atomic E-state index is 12.6. The molecule has 0 aliphatic heterocycles. The summed E-state index contributed by atoms with van der Waals surface area (Å²) in [6.07, 6.45) is 0.614. The Morgan fingerprint density at radius 3 is 2.38 bits per heavy atom. The molecule has 0 saturated heterocycles. The van der Waals surface area contributed by atoms with Crippen molar-refractivity contribution in [2.45, 2.75) is 40.0 Å². The second-order valence-electron chi connectivity index (χ2n) is 6.98. The molecule has 108 valence electrons. The van der Waals surface area contributed by atoms with Crippen LogP contribution in [0, 0.1) is 19.3 Å². The number of fused-ring (bicyclic) bond motifs is 1. The van der Waals surface area contributed by atoms with Crippen molar-refractivity contribution in [3.63, 3.8) is 0 Å². The largest absolute Gasteiger partial charge is 0.294 e. The molecule has 0 saturated carbocycles. The van der Waals surface area contributed by atoms with E-state index in [0.29, 0.717) is 6.42 Å². The first-order chi connectivity index (χ1) is 9.90. The van der Waals surface area contributed by atoms with E-state index >= 15 is 0 Å². The molecule has 1 nitrogen and oxygen atoms in total. The number of rotatable bonds is 1. The van der Waals surface area contributed by atoms with Crippen molar-refractivity contribution in [2.75, 3.05) is 0 Å². The molecule has 1 aliphatic rings. The van der Waals surface area contributed by atoms with E-state index < -0.39 is 0 Å². The van der Waals surface area contributed by atoms with Gasteiger partial charge in [-0.05, 0) is 42.0 Å². The highest BCUT2D eigenvalue weighted by molar-refractivity contribution is 6.00. The molecular weight excluding hydrogens is 256 g/mol. The van der Waals surface area contributed by atoms with Crippen LogP contribution in [0.3, 0.4) is 0 Å². The van der Waals surface area contributed by atoms with Gasteiger partial charge in [0.25, 0.3) is 0 Å². The molecule has 1 atom stereocenters. The summed E-state index contributed by atoms with van der Waals surface area (Å²) in [5, 5.41) is 0. The van der Waals surface area contributed by atoms with E-state index in [2.05, 4.69) is 64.1 Å². The molecule has 0 aromatic heterocycles. The average molecular weight is 278 g/mol. The van der Waals surface area contributed by atoms with Crippen LogP contribution < -0.4 is 0 Å². The minimum Gasteiger partial charge on any atom is -0.294 e. The van der Waals surface area contributed by atoms with E-state index in [-0.39, 0.29) is 17.1 Å². The van der Waals surface area contributed by atoms with Crippen LogP contribution >= 0.6 is 0 Å². The zero-order valence-electron chi connectivity index (χ0n) is 13.2. The first kappa shape index (κ1) is 14.1. The summed E-state index contributed by atoms with van der Waals surface area (Å²) >= 11 is 0. The van der Waals surface area contributed by atoms with Crippen LogP contribution in [0.1, 0.15) is 58.8 Å². The molecule has 0 spiro atoms. The van der Waals surface area contributed by atoms with Crippen molar-refractivity contribution in [3.8, 4) is 0 Å². The molecule has 1 aliphatic carbocycles. The smallest absolute Gasteiger partial charge is 0.163 e. The molecule has 0 heterocycles. The molecule has 2 aromatic rings. The number of carbonyl (C=O) groups excluding carboxylic acids is 1. The van der Waals surface area contributed by atoms with Crippen LogP contribution in [0.15, 0.2) is 42.5 Å². The lowest BCUT2D eigenvalue weighted by atomic mass is 9.62. The van der Waals surface area contributed by atoms with Gasteiger partial charge in [0, 0.05) is 17.9 Å². The van der Waals surface area contributed by atoms with Crippen LogP contribution in [-0.4, -0.2) is 5.78 Å². The van der Waals surface area contributed by atoms with Gasteiger partial charge in [-0.3, -0.25) is 4.79 Å². The molecule has 0 radical (unpaired) electrons. The molecule has 0 amide bonds. The summed E-state index contributed by atoms with van der Waals surface area (Å²) in [4.78, 5) is 12.6. The van der Waals surface area contributed by atoms with Crippen LogP contribution in [0.2, 0.25) is 0 Å². The highest BCUT2D eigenvalue weighted by Gasteiger charge is 2.41. The first-order valence-corrected chi connectivity index (χ1v) is 7.59. The Balaban J connectivity index is 2.29. The predicted molar refractivity (Wildman–Crippen MR) is 86.9 cm³/mol. The highest BCUT2D eigenvalue weighted by atomic mass is 16.1. The normalized spacial score (nSPS) is 20.2. The van der Waals surface area contributed by atoms with Gasteiger partial charge in [-0.1, -0.05) is 55.8 Å². The van der Waals surface area contributed by atoms with E-state index in [1.807, 2.05) is 6.07 Å². The van der Waals surface area contributed by atoms with E-state index in [1.54, 1.807) is 0 Å². The minimum atomic E-state index is -0.0501. The summed E-state index contributed by atoms with van der Waals surface area (Å²) in [5.74, 6) is 0.570. The Labute approximate surface area is 127 Å². The van der Waals surface area contributed by atoms with Crippen molar-refractivity contribution < 1.29 is 4.79 Å². The van der Waals surface area contributed by atoms with Crippen LogP contribution in [0.5, 0.6) is 0 Å². The lowest BCUT2D eigenvalue weighted by Gasteiger charge is -2.40. The van der Waals surface area contributed by atoms with Gasteiger partial charge in [0.15, 0.2) is 5.78 Å². The van der Waals surface area contributed by atoms with Gasteiger partial charge in [-0.15, -0.1) is 0 Å². The zero-order valence-corrected chi connectivity index (χ0v) is 13.2. The molecule has 0 N–H and O–H groups in total. The van der Waals surface area contributed by atoms with E-state index in [1.165, 1.54) is 22.3 Å². The van der Waals surface area contributed by atoms with Crippen LogP contribution in [0.4, 0.5) is 0 Å². The standard InChI is InChI=1S/C20H22O/c1-13-10-14(2)18-16(11-13)17(21)12-20(3,4)19(18)15-8-6-5-7-9-15/h5-11,19H,12H2,1-4H3. The molecule has 2 aromatic carbocycles. The molecular formula is C20H22O. The number of ketones is 1. The third-order valence-corrected chi connectivity index (χ3v) is 4.65. The Hall–Kier alpha value is -1.89. The highest BCUT2D eigenvalue weighted by Crippen LogP contribution is 2.49. The van der Waals surface area contributed by atoms with Crippen molar-refractivity contribution >= 4 is 5.78 Å². The summed E-state index contributed by atoms with van der Waals surface area (Å²) in [7, 11) is 0. The summed E-state index contributed by atoms with van der Waals surface area (Å²) in [5.41, 5.74) is 5.83. The number of aryl methyl sites for hydroxylation is 2. The monoisotopic (exact) mass is 278 g/mol. The van der Waals surface area contributed by atoms with Gasteiger partial charge in [0.1, 0.15) is 0 Å². The van der Waals surface area contributed by atoms with Gasteiger partial charge in [-0.25, -0.2) is 0 Å². The van der Waals surface area contributed by atoms with Gasteiger partial charge in [-0.2, -0.15) is 0 Å². The number of benzene rings is 2. The van der Waals surface area contributed by atoms with Crippen molar-refractivity contribution in [1.82, 2.24) is 0 Å². The molecule has 0 fully saturated rings.